The predicted molar refractivity (Wildman–Crippen MR) is 143 cm³/mol. The predicted octanol–water partition coefficient (Wildman–Crippen LogP) is 3.86. The molecule has 4 rings (SSSR count). The van der Waals surface area contributed by atoms with Gasteiger partial charge in [-0.25, -0.2) is 4.39 Å². The molecular weight excluding hydrogens is 509 g/mol. The van der Waals surface area contributed by atoms with Crippen LogP contribution in [0.1, 0.15) is 67.6 Å². The zero-order valence-corrected chi connectivity index (χ0v) is 22.8. The Balaban J connectivity index is 1.71. The van der Waals surface area contributed by atoms with Gasteiger partial charge in [-0.3, -0.25) is 14.4 Å². The second-order valence-corrected chi connectivity index (χ2v) is 10.7. The number of hydrogen-bond acceptors (Lipinski definition) is 7. The van der Waals surface area contributed by atoms with E-state index in [1.165, 1.54) is 23.5 Å². The van der Waals surface area contributed by atoms with Crippen molar-refractivity contribution in [1.29, 1.82) is 0 Å². The number of pyridine rings is 1. The van der Waals surface area contributed by atoms with Gasteiger partial charge in [-0.05, 0) is 44.9 Å². The van der Waals surface area contributed by atoms with Crippen LogP contribution in [0.5, 0.6) is 5.75 Å². The number of carbonyl (C=O) groups is 2. The number of rotatable bonds is 9. The van der Waals surface area contributed by atoms with E-state index >= 15 is 0 Å². The molecule has 0 saturated carbocycles. The standard InChI is InChI=1S/C27H32FN5O4S/c1-5-22(34)31(6-2)12-11-19-14-32(16(3)4)27(37)23-25(36)24(35)20(15-33(19)23)26-30-29-21(38-26)13-17-7-9-18(28)10-8-17/h7-10,15-16,19,36H,5-6,11-14H2,1-4H3/t19-/m0/s1. The van der Waals surface area contributed by atoms with Crippen LogP contribution in [0.3, 0.4) is 0 Å². The summed E-state index contributed by atoms with van der Waals surface area (Å²) in [5.41, 5.74) is 0.266. The van der Waals surface area contributed by atoms with Crippen LogP contribution in [0.15, 0.2) is 35.3 Å². The van der Waals surface area contributed by atoms with Crippen molar-refractivity contribution in [1.82, 2.24) is 24.6 Å². The normalized spacial score (nSPS) is 15.2. The molecule has 0 radical (unpaired) electrons. The van der Waals surface area contributed by atoms with Crippen molar-refractivity contribution in [3.63, 3.8) is 0 Å². The Morgan fingerprint density at radius 3 is 2.55 bits per heavy atom. The highest BCUT2D eigenvalue weighted by Gasteiger charge is 2.36. The lowest BCUT2D eigenvalue weighted by Gasteiger charge is -2.39. The lowest BCUT2D eigenvalue weighted by Crippen LogP contribution is -2.48. The summed E-state index contributed by atoms with van der Waals surface area (Å²) in [6, 6.07) is 5.67. The van der Waals surface area contributed by atoms with Crippen molar-refractivity contribution >= 4 is 23.2 Å². The first-order valence-electron chi connectivity index (χ1n) is 12.8. The Kier molecular flexibility index (Phi) is 8.25. The van der Waals surface area contributed by atoms with Crippen molar-refractivity contribution in [2.75, 3.05) is 19.6 Å². The number of aromatic nitrogens is 3. The molecule has 1 aliphatic rings. The van der Waals surface area contributed by atoms with Gasteiger partial charge in [0.05, 0.1) is 11.6 Å². The number of fused-ring (bicyclic) bond motifs is 1. The van der Waals surface area contributed by atoms with Crippen LogP contribution in [-0.4, -0.2) is 67.2 Å². The van der Waals surface area contributed by atoms with E-state index in [9.17, 15) is 23.9 Å². The van der Waals surface area contributed by atoms with E-state index in [0.717, 1.165) is 5.56 Å². The minimum absolute atomic E-state index is 0.0475. The largest absolute Gasteiger partial charge is 0.503 e. The third kappa shape index (κ3) is 5.47. The van der Waals surface area contributed by atoms with Crippen LogP contribution in [0.2, 0.25) is 0 Å². The second-order valence-electron chi connectivity index (χ2n) is 9.60. The van der Waals surface area contributed by atoms with Crippen LogP contribution in [0.4, 0.5) is 4.39 Å². The van der Waals surface area contributed by atoms with Gasteiger partial charge in [0, 0.05) is 44.7 Å². The van der Waals surface area contributed by atoms with E-state index in [4.69, 9.17) is 0 Å². The zero-order valence-electron chi connectivity index (χ0n) is 22.0. The molecule has 2 amide bonds. The molecule has 3 aromatic rings. The summed E-state index contributed by atoms with van der Waals surface area (Å²) in [5, 5.41) is 20.3. The lowest BCUT2D eigenvalue weighted by molar-refractivity contribution is -0.130. The first-order valence-corrected chi connectivity index (χ1v) is 13.6. The quantitative estimate of drug-likeness (QED) is 0.441. The van der Waals surface area contributed by atoms with Gasteiger partial charge in [0.25, 0.3) is 5.91 Å². The van der Waals surface area contributed by atoms with Gasteiger partial charge in [0.2, 0.25) is 11.3 Å². The molecule has 1 aliphatic heterocycles. The summed E-state index contributed by atoms with van der Waals surface area (Å²) in [5.74, 6) is -1.31. The van der Waals surface area contributed by atoms with Crippen LogP contribution >= 0.6 is 11.3 Å². The Bertz CT molecular complexity index is 1390. The first-order chi connectivity index (χ1) is 18.1. The van der Waals surface area contributed by atoms with Crippen molar-refractivity contribution < 1.29 is 19.1 Å². The van der Waals surface area contributed by atoms with Gasteiger partial charge < -0.3 is 19.5 Å². The van der Waals surface area contributed by atoms with Crippen molar-refractivity contribution in [2.45, 2.75) is 59.0 Å². The maximum Gasteiger partial charge on any atom is 0.274 e. The SMILES string of the molecule is CCC(=O)N(CC)CC[C@H]1CN(C(C)C)C(=O)c2c(O)c(=O)c(-c3nnc(Cc4ccc(F)cc4)s3)cn21. The molecule has 202 valence electrons. The van der Waals surface area contributed by atoms with Crippen LogP contribution < -0.4 is 5.43 Å². The molecule has 1 N–H and O–H groups in total. The molecular formula is C27H32FN5O4S. The van der Waals surface area contributed by atoms with E-state index in [1.54, 1.807) is 32.7 Å². The van der Waals surface area contributed by atoms with Crippen molar-refractivity contribution in [3.05, 3.63) is 62.8 Å². The highest BCUT2D eigenvalue weighted by atomic mass is 32.1. The molecule has 38 heavy (non-hydrogen) atoms. The van der Waals surface area contributed by atoms with E-state index < -0.39 is 17.1 Å². The van der Waals surface area contributed by atoms with E-state index in [0.29, 0.717) is 48.9 Å². The zero-order chi connectivity index (χ0) is 27.6. The number of benzene rings is 1. The van der Waals surface area contributed by atoms with Crippen LogP contribution in [-0.2, 0) is 11.2 Å². The molecule has 0 fully saturated rings. The number of amides is 2. The van der Waals surface area contributed by atoms with Gasteiger partial charge in [0.15, 0.2) is 16.5 Å². The Morgan fingerprint density at radius 2 is 1.92 bits per heavy atom. The summed E-state index contributed by atoms with van der Waals surface area (Å²) in [4.78, 5) is 42.2. The fraction of sp³-hybridized carbons (Fsp3) is 0.444. The highest BCUT2D eigenvalue weighted by Crippen LogP contribution is 2.33. The molecule has 0 unspecified atom stereocenters. The summed E-state index contributed by atoms with van der Waals surface area (Å²) in [7, 11) is 0. The third-order valence-corrected chi connectivity index (χ3v) is 7.79. The molecule has 1 aromatic carbocycles. The molecule has 0 spiro atoms. The average Bonchev–Trinajstić information content (AvgIpc) is 3.36. The number of halogens is 1. The smallest absolute Gasteiger partial charge is 0.274 e. The topological polar surface area (TPSA) is 109 Å². The Hall–Kier alpha value is -3.60. The average molecular weight is 542 g/mol. The third-order valence-electron chi connectivity index (χ3n) is 6.83. The summed E-state index contributed by atoms with van der Waals surface area (Å²) >= 11 is 1.21. The molecule has 2 aromatic heterocycles. The van der Waals surface area contributed by atoms with Gasteiger partial charge in [-0.15, -0.1) is 10.2 Å². The van der Waals surface area contributed by atoms with Crippen LogP contribution in [0.25, 0.3) is 10.6 Å². The molecule has 0 saturated heterocycles. The minimum Gasteiger partial charge on any atom is -0.503 e. The number of carbonyl (C=O) groups excluding carboxylic acids is 2. The van der Waals surface area contributed by atoms with E-state index in [1.807, 2.05) is 27.7 Å². The molecule has 11 heteroatoms. The van der Waals surface area contributed by atoms with E-state index in [-0.39, 0.29) is 35.1 Å². The monoisotopic (exact) mass is 541 g/mol. The molecule has 3 heterocycles. The summed E-state index contributed by atoms with van der Waals surface area (Å²) in [6.07, 6.45) is 2.94. The highest BCUT2D eigenvalue weighted by molar-refractivity contribution is 7.14. The first kappa shape index (κ1) is 27.4. The minimum atomic E-state index is -0.685. The fourth-order valence-electron chi connectivity index (χ4n) is 4.68. The maximum atomic E-state index is 13.3. The summed E-state index contributed by atoms with van der Waals surface area (Å²) < 4.78 is 14.9. The fourth-order valence-corrected chi connectivity index (χ4v) is 5.56. The van der Waals surface area contributed by atoms with Crippen molar-refractivity contribution in [3.8, 4) is 16.3 Å². The van der Waals surface area contributed by atoms with E-state index in [2.05, 4.69) is 10.2 Å². The molecule has 0 bridgehead atoms. The van der Waals surface area contributed by atoms with Gasteiger partial charge in [0.1, 0.15) is 10.8 Å². The van der Waals surface area contributed by atoms with Crippen molar-refractivity contribution in [2.24, 2.45) is 0 Å². The molecule has 9 nitrogen and oxygen atoms in total. The Morgan fingerprint density at radius 1 is 1.21 bits per heavy atom. The van der Waals surface area contributed by atoms with Gasteiger partial charge in [-0.1, -0.05) is 30.4 Å². The maximum absolute atomic E-state index is 13.3. The molecule has 1 atom stereocenters. The van der Waals surface area contributed by atoms with Gasteiger partial charge in [-0.2, -0.15) is 0 Å². The lowest BCUT2D eigenvalue weighted by atomic mass is 10.0. The van der Waals surface area contributed by atoms with Gasteiger partial charge >= 0.3 is 0 Å². The summed E-state index contributed by atoms with van der Waals surface area (Å²) in [6.45, 7) is 8.95. The Labute approximate surface area is 224 Å². The number of aromatic hydroxyl groups is 1. The molecule has 0 aliphatic carbocycles. The number of nitrogens with zero attached hydrogens (tertiary/aromatic N) is 5. The number of hydrogen-bond donors (Lipinski definition) is 1. The second kappa shape index (κ2) is 11.4. The van der Waals surface area contributed by atoms with Crippen LogP contribution in [0, 0.1) is 5.82 Å².